The molecule has 1 saturated heterocycles. The van der Waals surface area contributed by atoms with E-state index in [0.717, 1.165) is 13.0 Å². The van der Waals surface area contributed by atoms with Crippen molar-refractivity contribution < 1.29 is 0 Å². The zero-order chi connectivity index (χ0) is 10.7. The van der Waals surface area contributed by atoms with Crippen LogP contribution in [0, 0.1) is 0 Å². The van der Waals surface area contributed by atoms with Gasteiger partial charge in [-0.1, -0.05) is 6.07 Å². The number of hydrogen-bond donors (Lipinski definition) is 1. The molecule has 0 aliphatic carbocycles. The van der Waals surface area contributed by atoms with Crippen LogP contribution in [0.4, 0.5) is 5.69 Å². The van der Waals surface area contributed by atoms with Gasteiger partial charge in [-0.05, 0) is 59.4 Å². The van der Waals surface area contributed by atoms with E-state index in [1.54, 1.807) is 0 Å². The highest BCUT2D eigenvalue weighted by Crippen LogP contribution is 2.29. The second-order valence-electron chi connectivity index (χ2n) is 4.02. The normalized spacial score (nSPS) is 16.0. The Morgan fingerprint density at radius 2 is 2.00 bits per heavy atom. The van der Waals surface area contributed by atoms with Gasteiger partial charge in [0.25, 0.3) is 0 Å². The average Bonchev–Trinajstić information content (AvgIpc) is 2.71. The summed E-state index contributed by atoms with van der Waals surface area (Å²) < 4.78 is 1.20. The maximum absolute atomic E-state index is 5.55. The number of rotatable bonds is 3. The van der Waals surface area contributed by atoms with Gasteiger partial charge in [0, 0.05) is 17.6 Å². The van der Waals surface area contributed by atoms with E-state index in [0.29, 0.717) is 0 Å². The lowest BCUT2D eigenvalue weighted by atomic mass is 10.1. The minimum atomic E-state index is 0.718. The van der Waals surface area contributed by atoms with Gasteiger partial charge in [0.2, 0.25) is 0 Å². The lowest BCUT2D eigenvalue weighted by molar-refractivity contribution is 0.949. The van der Waals surface area contributed by atoms with E-state index in [4.69, 9.17) is 5.73 Å². The molecule has 2 nitrogen and oxygen atoms in total. The third-order valence-corrected chi connectivity index (χ3v) is 3.53. The second kappa shape index (κ2) is 4.99. The Bertz CT molecular complexity index is 332. The van der Waals surface area contributed by atoms with Crippen LogP contribution in [0.2, 0.25) is 0 Å². The summed E-state index contributed by atoms with van der Waals surface area (Å²) in [5, 5.41) is 0. The van der Waals surface area contributed by atoms with Crippen LogP contribution in [0.25, 0.3) is 0 Å². The number of nitrogens with two attached hydrogens (primary N) is 1. The molecule has 0 saturated carbocycles. The predicted octanol–water partition coefficient (Wildman–Crippen LogP) is 2.55. The number of hydrogen-bond acceptors (Lipinski definition) is 2. The highest BCUT2D eigenvalue weighted by Gasteiger charge is 2.14. The van der Waals surface area contributed by atoms with Crippen LogP contribution in [0.3, 0.4) is 0 Å². The zero-order valence-electron chi connectivity index (χ0n) is 8.88. The first-order chi connectivity index (χ1) is 7.31. The largest absolute Gasteiger partial charge is 0.371 e. The Morgan fingerprint density at radius 3 is 2.60 bits per heavy atom. The van der Waals surface area contributed by atoms with Crippen molar-refractivity contribution in [1.29, 1.82) is 0 Å². The van der Waals surface area contributed by atoms with Gasteiger partial charge in [-0.25, -0.2) is 0 Å². The Hall–Kier alpha value is -0.540. The minimum absolute atomic E-state index is 0.718. The van der Waals surface area contributed by atoms with Gasteiger partial charge in [-0.15, -0.1) is 0 Å². The third-order valence-electron chi connectivity index (χ3n) is 2.89. The Labute approximate surface area is 99.6 Å². The Morgan fingerprint density at radius 1 is 1.27 bits per heavy atom. The van der Waals surface area contributed by atoms with Gasteiger partial charge in [-0.2, -0.15) is 0 Å². The number of nitrogens with zero attached hydrogens (tertiary/aromatic N) is 1. The first kappa shape index (κ1) is 11.0. The van der Waals surface area contributed by atoms with Crippen LogP contribution >= 0.6 is 15.9 Å². The fraction of sp³-hybridized carbons (Fsp3) is 0.500. The topological polar surface area (TPSA) is 29.3 Å². The monoisotopic (exact) mass is 268 g/mol. The van der Waals surface area contributed by atoms with Crippen molar-refractivity contribution in [2.75, 3.05) is 24.5 Å². The molecule has 0 unspecified atom stereocenters. The van der Waals surface area contributed by atoms with Gasteiger partial charge >= 0.3 is 0 Å². The highest BCUT2D eigenvalue weighted by molar-refractivity contribution is 9.10. The first-order valence-corrected chi connectivity index (χ1v) is 6.34. The smallest absolute Gasteiger partial charge is 0.0510 e. The summed E-state index contributed by atoms with van der Waals surface area (Å²) in [4.78, 5) is 2.44. The molecule has 0 atom stereocenters. The Balaban J connectivity index is 2.18. The molecular weight excluding hydrogens is 252 g/mol. The molecule has 1 aromatic rings. The zero-order valence-corrected chi connectivity index (χ0v) is 10.5. The standard InChI is InChI=1S/C12H17BrN2/c13-11-9-10(5-6-14)3-4-12(11)15-7-1-2-8-15/h3-4,9H,1-2,5-8,14H2. The highest BCUT2D eigenvalue weighted by atomic mass is 79.9. The Kier molecular flexibility index (Phi) is 3.65. The van der Waals surface area contributed by atoms with Crippen LogP contribution in [-0.4, -0.2) is 19.6 Å². The molecule has 15 heavy (non-hydrogen) atoms. The van der Waals surface area contributed by atoms with E-state index >= 15 is 0 Å². The van der Waals surface area contributed by atoms with Gasteiger partial charge in [-0.3, -0.25) is 0 Å². The summed E-state index contributed by atoms with van der Waals surface area (Å²) in [7, 11) is 0. The fourth-order valence-corrected chi connectivity index (χ4v) is 2.76. The van der Waals surface area contributed by atoms with E-state index in [-0.39, 0.29) is 0 Å². The summed E-state index contributed by atoms with van der Waals surface area (Å²) in [5.41, 5.74) is 8.18. The van der Waals surface area contributed by atoms with Crippen molar-refractivity contribution in [1.82, 2.24) is 0 Å². The van der Waals surface area contributed by atoms with Gasteiger partial charge in [0.15, 0.2) is 0 Å². The van der Waals surface area contributed by atoms with Crippen LogP contribution < -0.4 is 10.6 Å². The van der Waals surface area contributed by atoms with Crippen molar-refractivity contribution >= 4 is 21.6 Å². The van der Waals surface area contributed by atoms with Gasteiger partial charge < -0.3 is 10.6 Å². The number of benzene rings is 1. The molecule has 0 bridgehead atoms. The summed E-state index contributed by atoms with van der Waals surface area (Å²) in [6.07, 6.45) is 3.59. The number of halogens is 1. The fourth-order valence-electron chi connectivity index (χ4n) is 2.09. The molecule has 0 aromatic heterocycles. The minimum Gasteiger partial charge on any atom is -0.371 e. The molecule has 0 spiro atoms. The SMILES string of the molecule is NCCc1ccc(N2CCCC2)c(Br)c1. The third kappa shape index (κ3) is 2.52. The molecule has 0 radical (unpaired) electrons. The van der Waals surface area contributed by atoms with Crippen molar-refractivity contribution in [2.24, 2.45) is 5.73 Å². The first-order valence-electron chi connectivity index (χ1n) is 5.54. The molecular formula is C12H17BrN2. The van der Waals surface area contributed by atoms with E-state index in [1.165, 1.54) is 41.7 Å². The molecule has 3 heteroatoms. The van der Waals surface area contributed by atoms with Crippen molar-refractivity contribution in [3.8, 4) is 0 Å². The molecule has 82 valence electrons. The molecule has 1 heterocycles. The molecule has 2 N–H and O–H groups in total. The molecule has 1 aromatic carbocycles. The van der Waals surface area contributed by atoms with E-state index in [1.807, 2.05) is 0 Å². The van der Waals surface area contributed by atoms with Crippen molar-refractivity contribution in [3.05, 3.63) is 28.2 Å². The summed E-state index contributed by atoms with van der Waals surface area (Å²) >= 11 is 3.64. The van der Waals surface area contributed by atoms with Gasteiger partial charge in [0.05, 0.1) is 5.69 Å². The predicted molar refractivity (Wildman–Crippen MR) is 68.3 cm³/mol. The number of anilines is 1. The average molecular weight is 269 g/mol. The maximum atomic E-state index is 5.55. The van der Waals surface area contributed by atoms with Crippen LogP contribution in [0.5, 0.6) is 0 Å². The quantitative estimate of drug-likeness (QED) is 0.913. The maximum Gasteiger partial charge on any atom is 0.0510 e. The molecule has 2 rings (SSSR count). The summed E-state index contributed by atoms with van der Waals surface area (Å²) in [6, 6.07) is 6.59. The van der Waals surface area contributed by atoms with Crippen LogP contribution in [0.1, 0.15) is 18.4 Å². The second-order valence-corrected chi connectivity index (χ2v) is 4.87. The lowest BCUT2D eigenvalue weighted by Crippen LogP contribution is -2.18. The summed E-state index contributed by atoms with van der Waals surface area (Å²) in [6.45, 7) is 3.10. The van der Waals surface area contributed by atoms with Gasteiger partial charge in [0.1, 0.15) is 0 Å². The van der Waals surface area contributed by atoms with Crippen LogP contribution in [-0.2, 0) is 6.42 Å². The molecule has 1 aliphatic heterocycles. The van der Waals surface area contributed by atoms with E-state index in [9.17, 15) is 0 Å². The van der Waals surface area contributed by atoms with E-state index < -0.39 is 0 Å². The lowest BCUT2D eigenvalue weighted by Gasteiger charge is -2.19. The molecule has 1 fully saturated rings. The summed E-state index contributed by atoms with van der Waals surface area (Å²) in [5.74, 6) is 0. The van der Waals surface area contributed by atoms with Crippen molar-refractivity contribution in [3.63, 3.8) is 0 Å². The van der Waals surface area contributed by atoms with Crippen LogP contribution in [0.15, 0.2) is 22.7 Å². The van der Waals surface area contributed by atoms with Crippen molar-refractivity contribution in [2.45, 2.75) is 19.3 Å². The molecule has 1 aliphatic rings. The molecule has 0 amide bonds. The van der Waals surface area contributed by atoms with E-state index in [2.05, 4.69) is 39.0 Å².